The smallest absolute Gasteiger partial charge is 0.157 e. The average molecular weight is 299 g/mol. The van der Waals surface area contributed by atoms with Gasteiger partial charge < -0.3 is 5.32 Å². The predicted octanol–water partition coefficient (Wildman–Crippen LogP) is 5.38. The van der Waals surface area contributed by atoms with Crippen molar-refractivity contribution >= 4 is 16.9 Å². The molecular formula is C17H34N2S. The van der Waals surface area contributed by atoms with E-state index in [1.807, 2.05) is 11.8 Å². The van der Waals surface area contributed by atoms with E-state index in [0.29, 0.717) is 5.54 Å². The molecule has 3 heteroatoms. The normalized spacial score (nSPS) is 19.4. The predicted molar refractivity (Wildman–Crippen MR) is 93.8 cm³/mol. The highest BCUT2D eigenvalue weighted by Gasteiger charge is 2.33. The summed E-state index contributed by atoms with van der Waals surface area (Å²) in [5.41, 5.74) is 0.322. The molecule has 0 aromatic heterocycles. The fraction of sp³-hybridized carbons (Fsp3) is 0.941. The van der Waals surface area contributed by atoms with Gasteiger partial charge in [-0.15, -0.1) is 0 Å². The first-order valence-electron chi connectivity index (χ1n) is 8.71. The van der Waals surface area contributed by atoms with Crippen molar-refractivity contribution in [1.82, 2.24) is 5.32 Å². The van der Waals surface area contributed by atoms with Crippen LogP contribution < -0.4 is 5.32 Å². The van der Waals surface area contributed by atoms with Gasteiger partial charge in [0.05, 0.1) is 0 Å². The monoisotopic (exact) mass is 298 g/mol. The molecule has 0 amide bonds. The zero-order valence-corrected chi connectivity index (χ0v) is 14.7. The second-order valence-corrected chi connectivity index (χ2v) is 7.03. The first-order valence-corrected chi connectivity index (χ1v) is 9.70. The van der Waals surface area contributed by atoms with Gasteiger partial charge in [0, 0.05) is 17.8 Å². The molecule has 1 fully saturated rings. The SMILES string of the molecule is CCCCCCCCCCN=C1NC(CC)(CC)CS1. The van der Waals surface area contributed by atoms with Crippen molar-refractivity contribution in [3.63, 3.8) is 0 Å². The first-order chi connectivity index (χ1) is 9.76. The lowest BCUT2D eigenvalue weighted by Gasteiger charge is -2.25. The highest BCUT2D eigenvalue weighted by molar-refractivity contribution is 8.14. The number of amidine groups is 1. The Balaban J connectivity index is 2.02. The molecule has 20 heavy (non-hydrogen) atoms. The zero-order chi connectivity index (χ0) is 14.7. The first kappa shape index (κ1) is 17.9. The summed E-state index contributed by atoms with van der Waals surface area (Å²) in [6, 6.07) is 0. The van der Waals surface area contributed by atoms with E-state index in [-0.39, 0.29) is 0 Å². The van der Waals surface area contributed by atoms with Crippen LogP contribution in [0.5, 0.6) is 0 Å². The largest absolute Gasteiger partial charge is 0.359 e. The molecule has 1 saturated heterocycles. The van der Waals surface area contributed by atoms with Gasteiger partial charge in [-0.25, -0.2) is 0 Å². The Bertz CT molecular complexity index is 272. The Hall–Kier alpha value is -0.180. The molecule has 118 valence electrons. The molecule has 0 saturated carbocycles. The van der Waals surface area contributed by atoms with Crippen LogP contribution in [0, 0.1) is 0 Å². The number of rotatable bonds is 11. The quantitative estimate of drug-likeness (QED) is 0.518. The van der Waals surface area contributed by atoms with E-state index < -0.39 is 0 Å². The molecule has 0 unspecified atom stereocenters. The van der Waals surface area contributed by atoms with Gasteiger partial charge in [-0.05, 0) is 19.3 Å². The van der Waals surface area contributed by atoms with E-state index in [4.69, 9.17) is 4.99 Å². The average Bonchev–Trinajstić information content (AvgIpc) is 2.90. The highest BCUT2D eigenvalue weighted by Crippen LogP contribution is 2.28. The summed E-state index contributed by atoms with van der Waals surface area (Å²) in [5.74, 6) is 1.19. The Morgan fingerprint density at radius 1 is 0.950 bits per heavy atom. The van der Waals surface area contributed by atoms with Crippen molar-refractivity contribution in [1.29, 1.82) is 0 Å². The van der Waals surface area contributed by atoms with Crippen LogP contribution in [-0.4, -0.2) is 23.0 Å². The summed E-state index contributed by atoms with van der Waals surface area (Å²) < 4.78 is 0. The van der Waals surface area contributed by atoms with Crippen molar-refractivity contribution in [2.45, 2.75) is 90.5 Å². The summed E-state index contributed by atoms with van der Waals surface area (Å²) in [7, 11) is 0. The van der Waals surface area contributed by atoms with E-state index in [9.17, 15) is 0 Å². The molecule has 0 aromatic rings. The van der Waals surface area contributed by atoms with Gasteiger partial charge >= 0.3 is 0 Å². The molecule has 1 heterocycles. The maximum atomic E-state index is 4.73. The molecule has 1 N–H and O–H groups in total. The van der Waals surface area contributed by atoms with E-state index in [0.717, 1.165) is 6.54 Å². The summed E-state index contributed by atoms with van der Waals surface area (Å²) in [6.07, 6.45) is 13.4. The minimum Gasteiger partial charge on any atom is -0.359 e. The van der Waals surface area contributed by atoms with Crippen LogP contribution in [0.2, 0.25) is 0 Å². The van der Waals surface area contributed by atoms with Gasteiger partial charge in [-0.3, -0.25) is 4.99 Å². The molecule has 0 spiro atoms. The lowest BCUT2D eigenvalue weighted by molar-refractivity contribution is 0.407. The number of hydrogen-bond acceptors (Lipinski definition) is 2. The highest BCUT2D eigenvalue weighted by atomic mass is 32.2. The number of unbranched alkanes of at least 4 members (excludes halogenated alkanes) is 7. The summed E-state index contributed by atoms with van der Waals surface area (Å²) in [4.78, 5) is 4.73. The van der Waals surface area contributed by atoms with Gasteiger partial charge in [0.2, 0.25) is 0 Å². The number of nitrogens with zero attached hydrogens (tertiary/aromatic N) is 1. The van der Waals surface area contributed by atoms with Crippen molar-refractivity contribution in [2.75, 3.05) is 12.3 Å². The number of thioether (sulfide) groups is 1. The van der Waals surface area contributed by atoms with E-state index in [1.165, 1.54) is 75.1 Å². The minimum absolute atomic E-state index is 0.322. The number of aliphatic imine (C=N–C) groups is 1. The molecule has 0 radical (unpaired) electrons. The molecule has 1 rings (SSSR count). The van der Waals surface area contributed by atoms with Gasteiger partial charge in [0.15, 0.2) is 5.17 Å². The lowest BCUT2D eigenvalue weighted by atomic mass is 9.96. The molecule has 1 aliphatic rings. The molecule has 0 aromatic carbocycles. The minimum atomic E-state index is 0.322. The van der Waals surface area contributed by atoms with Gasteiger partial charge in [0.1, 0.15) is 0 Å². The van der Waals surface area contributed by atoms with Crippen molar-refractivity contribution in [2.24, 2.45) is 4.99 Å². The Kier molecular flexibility index (Phi) is 9.41. The second kappa shape index (κ2) is 10.5. The van der Waals surface area contributed by atoms with Gasteiger partial charge in [-0.1, -0.05) is 77.5 Å². The Morgan fingerprint density at radius 2 is 1.55 bits per heavy atom. The number of hydrogen-bond donors (Lipinski definition) is 1. The van der Waals surface area contributed by atoms with Crippen LogP contribution in [0.15, 0.2) is 4.99 Å². The standard InChI is InChI=1S/C17H34N2S/c1-4-7-8-9-10-11-12-13-14-18-16-19-17(5-2,6-3)15-20-16/h4-15H2,1-3H3,(H,18,19). The summed E-state index contributed by atoms with van der Waals surface area (Å²) in [5, 5.41) is 4.83. The molecule has 1 aliphatic heterocycles. The van der Waals surface area contributed by atoms with Crippen molar-refractivity contribution in [3.05, 3.63) is 0 Å². The topological polar surface area (TPSA) is 24.4 Å². The van der Waals surface area contributed by atoms with E-state index >= 15 is 0 Å². The Labute approximate surface area is 130 Å². The van der Waals surface area contributed by atoms with Crippen LogP contribution in [0.3, 0.4) is 0 Å². The van der Waals surface area contributed by atoms with Crippen LogP contribution in [0.25, 0.3) is 0 Å². The fourth-order valence-electron chi connectivity index (χ4n) is 2.65. The Morgan fingerprint density at radius 3 is 2.10 bits per heavy atom. The molecular weight excluding hydrogens is 264 g/mol. The number of nitrogens with one attached hydrogen (secondary N) is 1. The molecule has 0 aliphatic carbocycles. The molecule has 2 nitrogen and oxygen atoms in total. The zero-order valence-electron chi connectivity index (χ0n) is 13.8. The fourth-order valence-corrected chi connectivity index (χ4v) is 4.01. The van der Waals surface area contributed by atoms with E-state index in [1.54, 1.807) is 0 Å². The van der Waals surface area contributed by atoms with Crippen LogP contribution >= 0.6 is 11.8 Å². The van der Waals surface area contributed by atoms with Crippen LogP contribution in [0.4, 0.5) is 0 Å². The van der Waals surface area contributed by atoms with E-state index in [2.05, 4.69) is 26.1 Å². The maximum Gasteiger partial charge on any atom is 0.157 e. The van der Waals surface area contributed by atoms with Gasteiger partial charge in [-0.2, -0.15) is 0 Å². The second-order valence-electron chi connectivity index (χ2n) is 6.06. The third-order valence-electron chi connectivity index (χ3n) is 4.48. The maximum absolute atomic E-state index is 4.73. The van der Waals surface area contributed by atoms with Crippen LogP contribution in [-0.2, 0) is 0 Å². The van der Waals surface area contributed by atoms with Crippen LogP contribution in [0.1, 0.15) is 85.0 Å². The lowest BCUT2D eigenvalue weighted by Crippen LogP contribution is -2.42. The van der Waals surface area contributed by atoms with Crippen molar-refractivity contribution < 1.29 is 0 Å². The van der Waals surface area contributed by atoms with Gasteiger partial charge in [0.25, 0.3) is 0 Å². The third-order valence-corrected chi connectivity index (χ3v) is 5.68. The molecule has 0 bridgehead atoms. The summed E-state index contributed by atoms with van der Waals surface area (Å²) >= 11 is 1.91. The third kappa shape index (κ3) is 6.51. The molecule has 0 atom stereocenters. The van der Waals surface area contributed by atoms with Crippen molar-refractivity contribution in [3.8, 4) is 0 Å². The summed E-state index contributed by atoms with van der Waals surface area (Å²) in [6.45, 7) is 7.84.